The molecule has 0 aliphatic carbocycles. The van der Waals surface area contributed by atoms with E-state index in [4.69, 9.17) is 0 Å². The molecule has 0 fully saturated rings. The van der Waals surface area contributed by atoms with E-state index in [1.54, 1.807) is 18.4 Å². The minimum Gasteiger partial charge on any atom is -0.355 e. The van der Waals surface area contributed by atoms with Crippen LogP contribution in [0.1, 0.15) is 11.1 Å². The lowest BCUT2D eigenvalue weighted by Crippen LogP contribution is -2.41. The van der Waals surface area contributed by atoms with Gasteiger partial charge in [0.2, 0.25) is 10.0 Å². The molecule has 0 saturated carbocycles. The molecule has 2 aromatic rings. The molecule has 0 amide bonds. The zero-order valence-electron chi connectivity index (χ0n) is 14.1. The van der Waals surface area contributed by atoms with Crippen molar-refractivity contribution in [3.05, 3.63) is 52.2 Å². The van der Waals surface area contributed by atoms with Gasteiger partial charge in [-0.15, -0.1) is 0 Å². The second kappa shape index (κ2) is 7.88. The van der Waals surface area contributed by atoms with Crippen molar-refractivity contribution in [2.45, 2.75) is 13.0 Å². The van der Waals surface area contributed by atoms with Gasteiger partial charge in [0.05, 0.1) is 11.4 Å². The topological polar surface area (TPSA) is 73.8 Å². The van der Waals surface area contributed by atoms with Gasteiger partial charge in [-0.3, -0.25) is 9.30 Å². The lowest BCUT2D eigenvalue weighted by Gasteiger charge is -2.20. The summed E-state index contributed by atoms with van der Waals surface area (Å²) in [6, 6.07) is 9.72. The minimum absolute atomic E-state index is 0.0283. The average Bonchev–Trinajstić information content (AvgIpc) is 3.27. The van der Waals surface area contributed by atoms with Crippen molar-refractivity contribution in [3.8, 4) is 0 Å². The molecular weight excluding hydrogens is 356 g/mol. The van der Waals surface area contributed by atoms with E-state index >= 15 is 0 Å². The average molecular weight is 379 g/mol. The minimum atomic E-state index is -3.35. The van der Waals surface area contributed by atoms with Crippen LogP contribution >= 0.6 is 11.3 Å². The molecule has 8 heteroatoms. The number of thiophene rings is 1. The monoisotopic (exact) mass is 378 g/mol. The molecule has 0 unspecified atom stereocenters. The summed E-state index contributed by atoms with van der Waals surface area (Å²) in [5, 5.41) is 10.3. The molecule has 2 N–H and O–H groups in total. The highest BCUT2D eigenvalue weighted by Crippen LogP contribution is 2.29. The highest BCUT2D eigenvalue weighted by molar-refractivity contribution is 7.92. The summed E-state index contributed by atoms with van der Waals surface area (Å²) in [7, 11) is -1.67. The number of nitrogens with one attached hydrogen (secondary N) is 2. The van der Waals surface area contributed by atoms with E-state index in [1.165, 1.54) is 9.87 Å². The summed E-state index contributed by atoms with van der Waals surface area (Å²) in [6.45, 7) is 1.49. The standard InChI is InChI=1S/C17H22N4O2S2/c1-18-17(20-12-14-7-10-24-13-14)19-8-11-25(22,23)21-9-6-15-4-2-3-5-16(15)21/h2-5,7,10,13H,6,8-9,11-12H2,1H3,(H2,18,19,20). The van der Waals surface area contributed by atoms with Gasteiger partial charge in [0, 0.05) is 26.7 Å². The number of anilines is 1. The normalized spacial score (nSPS) is 14.4. The Morgan fingerprint density at radius 3 is 2.88 bits per heavy atom. The molecule has 0 radical (unpaired) electrons. The second-order valence-electron chi connectivity index (χ2n) is 5.75. The summed E-state index contributed by atoms with van der Waals surface area (Å²) < 4.78 is 26.8. The molecule has 0 saturated heterocycles. The Labute approximate surface area is 152 Å². The number of nitrogens with zero attached hydrogens (tertiary/aromatic N) is 2. The van der Waals surface area contributed by atoms with Crippen LogP contribution in [0.4, 0.5) is 5.69 Å². The van der Waals surface area contributed by atoms with Crippen molar-refractivity contribution in [3.63, 3.8) is 0 Å². The lowest BCUT2D eigenvalue weighted by molar-refractivity contribution is 0.591. The molecule has 1 aliphatic rings. The maximum atomic E-state index is 12.6. The number of hydrogen-bond acceptors (Lipinski definition) is 4. The molecule has 1 aromatic heterocycles. The van der Waals surface area contributed by atoms with Crippen LogP contribution in [-0.2, 0) is 23.0 Å². The van der Waals surface area contributed by atoms with Gasteiger partial charge in [-0.1, -0.05) is 18.2 Å². The Balaban J connectivity index is 1.52. The van der Waals surface area contributed by atoms with Crippen molar-refractivity contribution >= 4 is 33.0 Å². The fourth-order valence-corrected chi connectivity index (χ4v) is 4.90. The van der Waals surface area contributed by atoms with Crippen LogP contribution in [0.25, 0.3) is 0 Å². The fraction of sp³-hybridized carbons (Fsp3) is 0.353. The van der Waals surface area contributed by atoms with Gasteiger partial charge in [0.1, 0.15) is 0 Å². The van der Waals surface area contributed by atoms with Gasteiger partial charge in [-0.2, -0.15) is 11.3 Å². The van der Waals surface area contributed by atoms with Crippen LogP contribution in [-0.4, -0.2) is 40.3 Å². The van der Waals surface area contributed by atoms with Gasteiger partial charge in [-0.25, -0.2) is 8.42 Å². The number of fused-ring (bicyclic) bond motifs is 1. The molecule has 25 heavy (non-hydrogen) atoms. The van der Waals surface area contributed by atoms with Crippen molar-refractivity contribution < 1.29 is 8.42 Å². The first-order valence-corrected chi connectivity index (χ1v) is 10.7. The molecule has 0 atom stereocenters. The zero-order valence-corrected chi connectivity index (χ0v) is 15.7. The number of guanidine groups is 1. The van der Waals surface area contributed by atoms with E-state index in [9.17, 15) is 8.42 Å². The quantitative estimate of drug-likeness (QED) is 0.594. The van der Waals surface area contributed by atoms with Crippen molar-refractivity contribution in [1.82, 2.24) is 10.6 Å². The Morgan fingerprint density at radius 1 is 1.28 bits per heavy atom. The zero-order chi connectivity index (χ0) is 17.7. The van der Waals surface area contributed by atoms with Crippen LogP contribution in [0.15, 0.2) is 46.1 Å². The largest absolute Gasteiger partial charge is 0.355 e. The van der Waals surface area contributed by atoms with Gasteiger partial charge in [0.25, 0.3) is 0 Å². The van der Waals surface area contributed by atoms with E-state index < -0.39 is 10.0 Å². The molecule has 134 valence electrons. The van der Waals surface area contributed by atoms with Crippen LogP contribution in [0.5, 0.6) is 0 Å². The first kappa shape index (κ1) is 17.8. The summed E-state index contributed by atoms with van der Waals surface area (Å²) >= 11 is 1.64. The summed E-state index contributed by atoms with van der Waals surface area (Å²) in [4.78, 5) is 4.13. The number of sulfonamides is 1. The van der Waals surface area contributed by atoms with Crippen molar-refractivity contribution in [2.24, 2.45) is 4.99 Å². The Bertz CT molecular complexity index is 832. The molecule has 6 nitrogen and oxygen atoms in total. The van der Waals surface area contributed by atoms with E-state index in [2.05, 4.69) is 21.0 Å². The van der Waals surface area contributed by atoms with Gasteiger partial charge < -0.3 is 10.6 Å². The van der Waals surface area contributed by atoms with E-state index in [0.29, 0.717) is 25.6 Å². The van der Waals surface area contributed by atoms with E-state index in [-0.39, 0.29) is 5.75 Å². The Hall–Kier alpha value is -2.06. The fourth-order valence-electron chi connectivity index (χ4n) is 2.81. The summed E-state index contributed by atoms with van der Waals surface area (Å²) in [5.74, 6) is 0.628. The van der Waals surface area contributed by atoms with E-state index in [1.807, 2.05) is 35.7 Å². The number of benzene rings is 1. The van der Waals surface area contributed by atoms with Gasteiger partial charge in [-0.05, 0) is 40.4 Å². The molecule has 2 heterocycles. The number of para-hydroxylation sites is 1. The third-order valence-electron chi connectivity index (χ3n) is 4.10. The summed E-state index contributed by atoms with van der Waals surface area (Å²) in [6.07, 6.45) is 0.771. The lowest BCUT2D eigenvalue weighted by atomic mass is 10.2. The first-order valence-electron chi connectivity index (χ1n) is 8.14. The third kappa shape index (κ3) is 4.32. The first-order chi connectivity index (χ1) is 12.1. The molecule has 1 aliphatic heterocycles. The predicted molar refractivity (Wildman–Crippen MR) is 104 cm³/mol. The molecule has 0 bridgehead atoms. The highest BCUT2D eigenvalue weighted by atomic mass is 32.2. The SMILES string of the molecule is CN=C(NCCS(=O)(=O)N1CCc2ccccc21)NCc1ccsc1. The molecule has 1 aromatic carbocycles. The Morgan fingerprint density at radius 2 is 2.12 bits per heavy atom. The Kier molecular flexibility index (Phi) is 5.60. The summed E-state index contributed by atoms with van der Waals surface area (Å²) in [5.41, 5.74) is 3.07. The molecular formula is C17H22N4O2S2. The molecule has 0 spiro atoms. The number of aliphatic imine (C=N–C) groups is 1. The van der Waals surface area contributed by atoms with Gasteiger partial charge >= 0.3 is 0 Å². The van der Waals surface area contributed by atoms with Crippen LogP contribution in [0.2, 0.25) is 0 Å². The number of hydrogen-bond donors (Lipinski definition) is 2. The maximum absolute atomic E-state index is 12.6. The van der Waals surface area contributed by atoms with Crippen molar-refractivity contribution in [1.29, 1.82) is 0 Å². The van der Waals surface area contributed by atoms with Crippen molar-refractivity contribution in [2.75, 3.05) is 30.2 Å². The highest BCUT2D eigenvalue weighted by Gasteiger charge is 2.28. The van der Waals surface area contributed by atoms with Crippen LogP contribution < -0.4 is 14.9 Å². The smallest absolute Gasteiger partial charge is 0.236 e. The van der Waals surface area contributed by atoms with Crippen LogP contribution in [0.3, 0.4) is 0 Å². The second-order valence-corrected chi connectivity index (χ2v) is 8.54. The maximum Gasteiger partial charge on any atom is 0.236 e. The third-order valence-corrected chi connectivity index (χ3v) is 6.60. The van der Waals surface area contributed by atoms with Crippen LogP contribution in [0, 0.1) is 0 Å². The predicted octanol–water partition coefficient (Wildman–Crippen LogP) is 1.81. The van der Waals surface area contributed by atoms with Gasteiger partial charge in [0.15, 0.2) is 5.96 Å². The van der Waals surface area contributed by atoms with E-state index in [0.717, 1.165) is 17.7 Å². The number of rotatable bonds is 6. The molecule has 3 rings (SSSR count).